The normalized spacial score (nSPS) is 11.4. The van der Waals surface area contributed by atoms with Crippen LogP contribution in [0.1, 0.15) is 32.8 Å². The number of rotatable bonds is 4. The second kappa shape index (κ2) is 4.42. The minimum Gasteiger partial charge on any atom is -0.471 e. The lowest BCUT2D eigenvalue weighted by Crippen LogP contribution is -2.28. The number of hydrogen-bond donors (Lipinski definition) is 1. The third-order valence-electron chi connectivity index (χ3n) is 2.29. The average Bonchev–Trinajstić information content (AvgIpc) is 2.18. The van der Waals surface area contributed by atoms with Crippen LogP contribution < -0.4 is 10.5 Å². The summed E-state index contributed by atoms with van der Waals surface area (Å²) in [7, 11) is 0. The maximum Gasteiger partial charge on any atom is 0.218 e. The third kappa shape index (κ3) is 2.70. The van der Waals surface area contributed by atoms with Gasteiger partial charge >= 0.3 is 0 Å². The fourth-order valence-electron chi connectivity index (χ4n) is 1.01. The molecule has 0 saturated heterocycles. The minimum atomic E-state index is -0.182. The Morgan fingerprint density at radius 3 is 2.79 bits per heavy atom. The average molecular weight is 194 g/mol. The molecule has 1 rings (SSSR count). The van der Waals surface area contributed by atoms with E-state index in [1.54, 1.807) is 6.20 Å². The molecule has 0 radical (unpaired) electrons. The first-order chi connectivity index (χ1) is 6.59. The fraction of sp³-hybridized carbons (Fsp3) is 0.545. The number of pyridine rings is 1. The molecule has 0 aliphatic carbocycles. The first-order valence-electron chi connectivity index (χ1n) is 4.92. The summed E-state index contributed by atoms with van der Waals surface area (Å²) < 4.78 is 5.78. The van der Waals surface area contributed by atoms with Crippen LogP contribution in [0.25, 0.3) is 0 Å². The monoisotopic (exact) mass is 194 g/mol. The maximum absolute atomic E-state index is 5.78. The Bertz CT molecular complexity index is 297. The smallest absolute Gasteiger partial charge is 0.218 e. The van der Waals surface area contributed by atoms with Crippen molar-refractivity contribution in [3.8, 4) is 5.88 Å². The first kappa shape index (κ1) is 11.0. The van der Waals surface area contributed by atoms with Gasteiger partial charge in [0.15, 0.2) is 0 Å². The molecule has 1 aromatic heterocycles. The Kier molecular flexibility index (Phi) is 3.47. The van der Waals surface area contributed by atoms with Crippen LogP contribution in [0.4, 0.5) is 0 Å². The fourth-order valence-corrected chi connectivity index (χ4v) is 1.01. The van der Waals surface area contributed by atoms with E-state index in [0.717, 1.165) is 12.0 Å². The van der Waals surface area contributed by atoms with Gasteiger partial charge in [-0.15, -0.1) is 0 Å². The summed E-state index contributed by atoms with van der Waals surface area (Å²) in [6.07, 6.45) is 2.66. The zero-order valence-corrected chi connectivity index (χ0v) is 9.08. The lowest BCUT2D eigenvalue weighted by atomic mass is 10.1. The molecule has 0 fully saturated rings. The molecule has 3 heteroatoms. The van der Waals surface area contributed by atoms with Crippen molar-refractivity contribution in [2.45, 2.75) is 39.3 Å². The van der Waals surface area contributed by atoms with Gasteiger partial charge in [-0.1, -0.05) is 13.0 Å². The molecule has 1 aromatic rings. The Labute approximate surface area is 85.3 Å². The minimum absolute atomic E-state index is 0.182. The molecule has 0 atom stereocenters. The van der Waals surface area contributed by atoms with Gasteiger partial charge in [0.25, 0.3) is 0 Å². The molecule has 0 aromatic carbocycles. The highest BCUT2D eigenvalue weighted by Gasteiger charge is 2.18. The van der Waals surface area contributed by atoms with Gasteiger partial charge in [0.2, 0.25) is 5.88 Å². The van der Waals surface area contributed by atoms with Crippen LogP contribution in [0.3, 0.4) is 0 Å². The van der Waals surface area contributed by atoms with Crippen LogP contribution in [0.15, 0.2) is 18.3 Å². The quantitative estimate of drug-likeness (QED) is 0.798. The van der Waals surface area contributed by atoms with Gasteiger partial charge in [-0.05, 0) is 26.3 Å². The summed E-state index contributed by atoms with van der Waals surface area (Å²) in [6.45, 7) is 6.64. The number of nitrogens with two attached hydrogens (primary N) is 1. The molecule has 78 valence electrons. The van der Waals surface area contributed by atoms with Crippen LogP contribution in [0.5, 0.6) is 5.88 Å². The summed E-state index contributed by atoms with van der Waals surface area (Å²) >= 11 is 0. The molecule has 3 nitrogen and oxygen atoms in total. The highest BCUT2D eigenvalue weighted by molar-refractivity contribution is 5.25. The van der Waals surface area contributed by atoms with Gasteiger partial charge in [-0.3, -0.25) is 0 Å². The number of hydrogen-bond acceptors (Lipinski definition) is 3. The molecule has 1 heterocycles. The standard InChI is InChI=1S/C11H18N2O/c1-4-11(2,3)14-10-9(8-12)6-5-7-13-10/h5-7H,4,8,12H2,1-3H3. The van der Waals surface area contributed by atoms with Crippen molar-refractivity contribution in [2.75, 3.05) is 0 Å². The topological polar surface area (TPSA) is 48.1 Å². The largest absolute Gasteiger partial charge is 0.471 e. The summed E-state index contributed by atoms with van der Waals surface area (Å²) in [5.74, 6) is 0.654. The van der Waals surface area contributed by atoms with E-state index in [-0.39, 0.29) is 5.60 Å². The molecular weight excluding hydrogens is 176 g/mol. The van der Waals surface area contributed by atoms with E-state index in [0.29, 0.717) is 12.4 Å². The molecule has 0 aliphatic rings. The van der Waals surface area contributed by atoms with E-state index >= 15 is 0 Å². The first-order valence-corrected chi connectivity index (χ1v) is 4.92. The van der Waals surface area contributed by atoms with Crippen molar-refractivity contribution < 1.29 is 4.74 Å². The highest BCUT2D eigenvalue weighted by atomic mass is 16.5. The lowest BCUT2D eigenvalue weighted by molar-refractivity contribution is 0.0976. The van der Waals surface area contributed by atoms with Gasteiger partial charge in [0.1, 0.15) is 5.60 Å². The lowest BCUT2D eigenvalue weighted by Gasteiger charge is -2.25. The molecular formula is C11H18N2O. The predicted octanol–water partition coefficient (Wildman–Crippen LogP) is 2.11. The van der Waals surface area contributed by atoms with Crippen molar-refractivity contribution in [3.05, 3.63) is 23.9 Å². The van der Waals surface area contributed by atoms with E-state index < -0.39 is 0 Å². The summed E-state index contributed by atoms with van der Waals surface area (Å²) in [6, 6.07) is 3.81. The van der Waals surface area contributed by atoms with Crippen LogP contribution in [0.2, 0.25) is 0 Å². The molecule has 0 saturated carbocycles. The van der Waals surface area contributed by atoms with Gasteiger partial charge in [-0.25, -0.2) is 4.98 Å². The zero-order chi connectivity index (χ0) is 10.6. The van der Waals surface area contributed by atoms with Crippen molar-refractivity contribution in [3.63, 3.8) is 0 Å². The van der Waals surface area contributed by atoms with Crippen molar-refractivity contribution in [1.82, 2.24) is 4.98 Å². The second-order valence-electron chi connectivity index (χ2n) is 3.89. The van der Waals surface area contributed by atoms with E-state index in [1.807, 2.05) is 26.0 Å². The van der Waals surface area contributed by atoms with Gasteiger partial charge < -0.3 is 10.5 Å². The number of ether oxygens (including phenoxy) is 1. The maximum atomic E-state index is 5.78. The molecule has 2 N–H and O–H groups in total. The second-order valence-corrected chi connectivity index (χ2v) is 3.89. The summed E-state index contributed by atoms with van der Waals surface area (Å²) in [5, 5.41) is 0. The molecule has 0 aliphatic heterocycles. The van der Waals surface area contributed by atoms with E-state index in [1.165, 1.54) is 0 Å². The number of aromatic nitrogens is 1. The third-order valence-corrected chi connectivity index (χ3v) is 2.29. The van der Waals surface area contributed by atoms with Crippen LogP contribution in [0, 0.1) is 0 Å². The van der Waals surface area contributed by atoms with Crippen molar-refractivity contribution in [1.29, 1.82) is 0 Å². The van der Waals surface area contributed by atoms with Crippen molar-refractivity contribution in [2.24, 2.45) is 5.73 Å². The Balaban J connectivity index is 2.85. The zero-order valence-electron chi connectivity index (χ0n) is 9.08. The number of nitrogens with zero attached hydrogens (tertiary/aromatic N) is 1. The van der Waals surface area contributed by atoms with Gasteiger partial charge in [0.05, 0.1) is 0 Å². The Morgan fingerprint density at radius 2 is 2.21 bits per heavy atom. The Hall–Kier alpha value is -1.09. The SMILES string of the molecule is CCC(C)(C)Oc1ncccc1CN. The van der Waals surface area contributed by atoms with Gasteiger partial charge in [0, 0.05) is 18.3 Å². The predicted molar refractivity (Wildman–Crippen MR) is 57.1 cm³/mol. The van der Waals surface area contributed by atoms with Gasteiger partial charge in [-0.2, -0.15) is 0 Å². The van der Waals surface area contributed by atoms with Crippen LogP contribution >= 0.6 is 0 Å². The Morgan fingerprint density at radius 1 is 1.50 bits per heavy atom. The van der Waals surface area contributed by atoms with Crippen LogP contribution in [-0.4, -0.2) is 10.6 Å². The van der Waals surface area contributed by atoms with Crippen molar-refractivity contribution >= 4 is 0 Å². The highest BCUT2D eigenvalue weighted by Crippen LogP contribution is 2.21. The molecule has 0 bridgehead atoms. The molecule has 14 heavy (non-hydrogen) atoms. The van der Waals surface area contributed by atoms with E-state index in [2.05, 4.69) is 11.9 Å². The van der Waals surface area contributed by atoms with E-state index in [9.17, 15) is 0 Å². The van der Waals surface area contributed by atoms with Crippen LogP contribution in [-0.2, 0) is 6.54 Å². The summed E-state index contributed by atoms with van der Waals surface area (Å²) in [5.41, 5.74) is 6.36. The summed E-state index contributed by atoms with van der Waals surface area (Å²) in [4.78, 5) is 4.18. The molecule has 0 amide bonds. The molecule has 0 spiro atoms. The molecule has 0 unspecified atom stereocenters. The van der Waals surface area contributed by atoms with E-state index in [4.69, 9.17) is 10.5 Å².